The Bertz CT molecular complexity index is 690. The SMILES string of the molecule is C=CC(C)(C)COc1ccc2c(c1C(=[N+]=[N-])C(=O)OC)OCO2. The van der Waals surface area contributed by atoms with Crippen molar-refractivity contribution in [2.24, 2.45) is 5.41 Å². The Balaban J connectivity index is 2.49. The van der Waals surface area contributed by atoms with Crippen LogP contribution in [0.25, 0.3) is 5.53 Å². The second kappa shape index (κ2) is 6.54. The number of rotatable bonds is 6. The van der Waals surface area contributed by atoms with Gasteiger partial charge in [-0.15, -0.1) is 6.58 Å². The Morgan fingerprint density at radius 2 is 2.22 bits per heavy atom. The maximum absolute atomic E-state index is 11.9. The molecule has 0 aromatic heterocycles. The van der Waals surface area contributed by atoms with Gasteiger partial charge in [-0.3, -0.25) is 0 Å². The van der Waals surface area contributed by atoms with Crippen molar-refractivity contribution in [1.29, 1.82) is 0 Å². The first-order chi connectivity index (χ1) is 10.9. The molecule has 1 heterocycles. The van der Waals surface area contributed by atoms with Crippen molar-refractivity contribution in [1.82, 2.24) is 0 Å². The van der Waals surface area contributed by atoms with Gasteiger partial charge in [-0.25, -0.2) is 4.79 Å². The lowest BCUT2D eigenvalue weighted by Gasteiger charge is -2.21. The zero-order valence-electron chi connectivity index (χ0n) is 13.3. The third kappa shape index (κ3) is 3.35. The molecule has 23 heavy (non-hydrogen) atoms. The van der Waals surface area contributed by atoms with Crippen LogP contribution in [-0.4, -0.2) is 37.0 Å². The van der Waals surface area contributed by atoms with Gasteiger partial charge in [0, 0.05) is 5.41 Å². The van der Waals surface area contributed by atoms with E-state index in [1.165, 1.54) is 7.11 Å². The highest BCUT2D eigenvalue weighted by Crippen LogP contribution is 2.41. The van der Waals surface area contributed by atoms with E-state index in [4.69, 9.17) is 14.2 Å². The molecule has 2 rings (SSSR count). The number of carbonyl (C=O) groups is 1. The number of nitrogens with zero attached hydrogens (tertiary/aromatic N) is 2. The first-order valence-corrected chi connectivity index (χ1v) is 6.93. The monoisotopic (exact) mass is 318 g/mol. The van der Waals surface area contributed by atoms with E-state index < -0.39 is 5.97 Å². The van der Waals surface area contributed by atoms with E-state index in [1.54, 1.807) is 18.2 Å². The molecule has 0 fully saturated rings. The molecule has 0 saturated carbocycles. The molecule has 0 atom stereocenters. The van der Waals surface area contributed by atoms with Crippen molar-refractivity contribution in [2.75, 3.05) is 20.5 Å². The molecular weight excluding hydrogens is 300 g/mol. The molecule has 122 valence electrons. The fraction of sp³-hybridized carbons (Fsp3) is 0.375. The average Bonchev–Trinajstić information content (AvgIpc) is 3.02. The zero-order valence-corrected chi connectivity index (χ0v) is 13.3. The highest BCUT2D eigenvalue weighted by atomic mass is 16.7. The van der Waals surface area contributed by atoms with E-state index in [0.717, 1.165) is 0 Å². The minimum absolute atomic E-state index is 0.00379. The summed E-state index contributed by atoms with van der Waals surface area (Å²) in [5, 5.41) is 0. The molecule has 0 bridgehead atoms. The van der Waals surface area contributed by atoms with Crippen molar-refractivity contribution in [3.63, 3.8) is 0 Å². The van der Waals surface area contributed by atoms with Crippen LogP contribution in [0, 0.1) is 5.41 Å². The molecule has 1 aromatic carbocycles. The van der Waals surface area contributed by atoms with E-state index in [2.05, 4.69) is 16.1 Å². The number of ether oxygens (including phenoxy) is 4. The van der Waals surface area contributed by atoms with E-state index >= 15 is 0 Å². The Hall–Kier alpha value is -2.79. The van der Waals surface area contributed by atoms with Crippen LogP contribution in [0.3, 0.4) is 0 Å². The Kier molecular flexibility index (Phi) is 4.71. The average molecular weight is 318 g/mol. The summed E-state index contributed by atoms with van der Waals surface area (Å²) in [5.41, 5.74) is 8.82. The van der Waals surface area contributed by atoms with Crippen LogP contribution in [0.15, 0.2) is 24.8 Å². The van der Waals surface area contributed by atoms with Crippen molar-refractivity contribution in [3.8, 4) is 17.2 Å². The topological polar surface area (TPSA) is 90.4 Å². The fourth-order valence-electron chi connectivity index (χ4n) is 1.91. The van der Waals surface area contributed by atoms with Gasteiger partial charge in [0.2, 0.25) is 6.79 Å². The third-order valence-corrected chi connectivity index (χ3v) is 3.37. The van der Waals surface area contributed by atoms with Gasteiger partial charge in [0.1, 0.15) is 5.75 Å². The lowest BCUT2D eigenvalue weighted by atomic mass is 9.95. The maximum atomic E-state index is 11.9. The summed E-state index contributed by atoms with van der Waals surface area (Å²) < 4.78 is 21.1. The molecule has 0 radical (unpaired) electrons. The summed E-state index contributed by atoms with van der Waals surface area (Å²) in [6.07, 6.45) is 1.76. The molecule has 0 unspecified atom stereocenters. The van der Waals surface area contributed by atoms with Crippen molar-refractivity contribution < 1.29 is 28.5 Å². The molecule has 7 nitrogen and oxygen atoms in total. The molecule has 0 amide bonds. The summed E-state index contributed by atoms with van der Waals surface area (Å²) in [6, 6.07) is 3.28. The number of esters is 1. The zero-order chi connectivity index (χ0) is 17.0. The predicted molar refractivity (Wildman–Crippen MR) is 81.8 cm³/mol. The quantitative estimate of drug-likeness (QED) is 0.264. The summed E-state index contributed by atoms with van der Waals surface area (Å²) >= 11 is 0. The Morgan fingerprint density at radius 1 is 1.48 bits per heavy atom. The minimum atomic E-state index is -0.816. The summed E-state index contributed by atoms with van der Waals surface area (Å²) in [6.45, 7) is 7.97. The highest BCUT2D eigenvalue weighted by molar-refractivity contribution is 6.42. The van der Waals surface area contributed by atoms with Crippen LogP contribution in [0.2, 0.25) is 0 Å². The standard InChI is InChI=1S/C16H18N2O5/c1-5-16(2,3)8-21-10-6-7-11-14(23-9-22-11)12(10)13(18-17)15(19)20-4/h5-7H,1,8-9H2,2-4H3. The van der Waals surface area contributed by atoms with Gasteiger partial charge in [0.15, 0.2) is 17.1 Å². The Labute approximate surface area is 134 Å². The predicted octanol–water partition coefficient (Wildman–Crippen LogP) is 2.20. The normalized spacial score (nSPS) is 12.3. The van der Waals surface area contributed by atoms with Gasteiger partial charge in [0.25, 0.3) is 0 Å². The molecule has 0 aliphatic carbocycles. The fourth-order valence-corrected chi connectivity index (χ4v) is 1.91. The third-order valence-electron chi connectivity index (χ3n) is 3.37. The van der Waals surface area contributed by atoms with Crippen molar-refractivity contribution in [2.45, 2.75) is 13.8 Å². The lowest BCUT2D eigenvalue weighted by molar-refractivity contribution is -0.137. The van der Waals surface area contributed by atoms with Gasteiger partial charge in [-0.05, 0) is 12.1 Å². The molecule has 0 saturated heterocycles. The summed E-state index contributed by atoms with van der Waals surface area (Å²) in [5.74, 6) is 0.212. The van der Waals surface area contributed by atoms with Crippen molar-refractivity contribution in [3.05, 3.63) is 35.9 Å². The minimum Gasteiger partial charge on any atom is -0.492 e. The first kappa shape index (κ1) is 16.6. The molecule has 1 aliphatic heterocycles. The molecule has 7 heteroatoms. The summed E-state index contributed by atoms with van der Waals surface area (Å²) in [4.78, 5) is 14.9. The van der Waals surface area contributed by atoms with Gasteiger partial charge in [-0.1, -0.05) is 19.9 Å². The van der Waals surface area contributed by atoms with Crippen LogP contribution in [-0.2, 0) is 9.53 Å². The molecular formula is C16H18N2O5. The van der Waals surface area contributed by atoms with E-state index in [-0.39, 0.29) is 29.2 Å². The number of benzene rings is 1. The second-order valence-electron chi connectivity index (χ2n) is 5.59. The lowest BCUT2D eigenvalue weighted by Crippen LogP contribution is -2.22. The van der Waals surface area contributed by atoms with Crippen LogP contribution in [0.4, 0.5) is 0 Å². The van der Waals surface area contributed by atoms with Crippen LogP contribution < -0.4 is 14.2 Å². The number of carbonyl (C=O) groups excluding carboxylic acids is 1. The summed E-state index contributed by atoms with van der Waals surface area (Å²) in [7, 11) is 1.19. The number of methoxy groups -OCH3 is 1. The van der Waals surface area contributed by atoms with Crippen LogP contribution in [0.5, 0.6) is 17.2 Å². The van der Waals surface area contributed by atoms with Gasteiger partial charge in [0.05, 0.1) is 13.7 Å². The van der Waals surface area contributed by atoms with E-state index in [9.17, 15) is 10.3 Å². The first-order valence-electron chi connectivity index (χ1n) is 6.93. The van der Waals surface area contributed by atoms with Gasteiger partial charge >= 0.3 is 11.7 Å². The van der Waals surface area contributed by atoms with Gasteiger partial charge < -0.3 is 24.5 Å². The van der Waals surface area contributed by atoms with E-state index in [0.29, 0.717) is 18.1 Å². The molecule has 1 aromatic rings. The second-order valence-corrected chi connectivity index (χ2v) is 5.59. The van der Waals surface area contributed by atoms with E-state index in [1.807, 2.05) is 13.8 Å². The smallest absolute Gasteiger partial charge is 0.422 e. The maximum Gasteiger partial charge on any atom is 0.422 e. The van der Waals surface area contributed by atoms with Gasteiger partial charge in [-0.2, -0.15) is 4.79 Å². The number of hydrogen-bond donors (Lipinski definition) is 0. The Morgan fingerprint density at radius 3 is 2.83 bits per heavy atom. The molecule has 1 aliphatic rings. The highest BCUT2D eigenvalue weighted by Gasteiger charge is 2.36. The van der Waals surface area contributed by atoms with Crippen LogP contribution in [0.1, 0.15) is 19.4 Å². The van der Waals surface area contributed by atoms with Crippen LogP contribution >= 0.6 is 0 Å². The number of hydrogen-bond acceptors (Lipinski definition) is 5. The largest absolute Gasteiger partial charge is 0.492 e. The molecule has 0 N–H and O–H groups in total. The number of fused-ring (bicyclic) bond motifs is 1. The van der Waals surface area contributed by atoms with Crippen molar-refractivity contribution >= 4 is 11.7 Å². The molecule has 0 spiro atoms.